The molecular formula is C12H28BrOP. The molecule has 0 bridgehead atoms. The molecule has 0 saturated carbocycles. The monoisotopic (exact) mass is 298 g/mol. The first kappa shape index (κ1) is 15.9. The Morgan fingerprint density at radius 2 is 1.07 bits per heavy atom. The van der Waals surface area contributed by atoms with Crippen LogP contribution in [0.3, 0.4) is 0 Å². The van der Waals surface area contributed by atoms with E-state index in [2.05, 4.69) is 36.3 Å². The Bertz CT molecular complexity index is 142. The molecule has 0 spiro atoms. The van der Waals surface area contributed by atoms with Gasteiger partial charge in [0.1, 0.15) is 0 Å². The first-order valence-corrected chi connectivity index (χ1v) is 11.2. The van der Waals surface area contributed by atoms with Gasteiger partial charge in [0.2, 0.25) is 0 Å². The van der Waals surface area contributed by atoms with Gasteiger partial charge in [-0.15, -0.1) is 0 Å². The predicted octanol–water partition coefficient (Wildman–Crippen LogP) is 5.16. The van der Waals surface area contributed by atoms with Gasteiger partial charge in [-0.2, -0.15) is 0 Å². The fraction of sp³-hybridized carbons (Fsp3) is 1.00. The maximum absolute atomic E-state index is 10.9. The van der Waals surface area contributed by atoms with E-state index in [1.54, 1.807) is 0 Å². The molecular weight excluding hydrogens is 271 g/mol. The van der Waals surface area contributed by atoms with Crippen LogP contribution < -0.4 is 0 Å². The molecule has 0 radical (unpaired) electrons. The van der Waals surface area contributed by atoms with Gasteiger partial charge in [-0.25, -0.2) is 0 Å². The van der Waals surface area contributed by atoms with Gasteiger partial charge in [-0.3, -0.25) is 0 Å². The van der Waals surface area contributed by atoms with Crippen LogP contribution in [0.2, 0.25) is 0 Å². The minimum atomic E-state index is -2.47. The summed E-state index contributed by atoms with van der Waals surface area (Å²) in [5.74, 6) is 0. The Hall–Kier alpha value is 0.870. The van der Waals surface area contributed by atoms with Gasteiger partial charge in [0, 0.05) is 0 Å². The van der Waals surface area contributed by atoms with Gasteiger partial charge in [-0.1, -0.05) is 0 Å². The molecule has 0 aliphatic rings. The summed E-state index contributed by atoms with van der Waals surface area (Å²) in [4.78, 5) is 10.9. The van der Waals surface area contributed by atoms with E-state index in [4.69, 9.17) is 0 Å². The van der Waals surface area contributed by atoms with Gasteiger partial charge in [0.25, 0.3) is 0 Å². The second-order valence-corrected chi connectivity index (χ2v) is 14.6. The zero-order valence-corrected chi connectivity index (χ0v) is 13.1. The van der Waals surface area contributed by atoms with Gasteiger partial charge in [-0.05, 0) is 0 Å². The van der Waals surface area contributed by atoms with E-state index in [0.29, 0.717) is 0 Å². The van der Waals surface area contributed by atoms with Crippen LogP contribution >= 0.6 is 21.0 Å². The van der Waals surface area contributed by atoms with Crippen molar-refractivity contribution >= 4 is 21.0 Å². The standard InChI is InChI=1S/C12H28BrOP/c1-4-7-10-15(13,14,11-8-5-2)12-9-6-3/h14H,4-12H2,1-3H3. The molecule has 3 heteroatoms. The van der Waals surface area contributed by atoms with Crippen LogP contribution in [-0.2, 0) is 0 Å². The summed E-state index contributed by atoms with van der Waals surface area (Å²) < 4.78 is 0. The van der Waals surface area contributed by atoms with Crippen molar-refractivity contribution in [3.63, 3.8) is 0 Å². The van der Waals surface area contributed by atoms with Crippen LogP contribution in [0.25, 0.3) is 0 Å². The van der Waals surface area contributed by atoms with Gasteiger partial charge in [0.05, 0.1) is 0 Å². The Labute approximate surface area is 104 Å². The van der Waals surface area contributed by atoms with Crippen molar-refractivity contribution < 1.29 is 4.89 Å². The van der Waals surface area contributed by atoms with Crippen molar-refractivity contribution in [2.24, 2.45) is 0 Å². The molecule has 1 N–H and O–H groups in total. The normalized spacial score (nSPS) is 14.9. The number of hydrogen-bond donors (Lipinski definition) is 1. The van der Waals surface area contributed by atoms with E-state index >= 15 is 0 Å². The fourth-order valence-corrected chi connectivity index (χ4v) is 7.87. The Balaban J connectivity index is 4.33. The maximum atomic E-state index is 10.9. The minimum absolute atomic E-state index is 1.02. The van der Waals surface area contributed by atoms with Crippen molar-refractivity contribution in [1.82, 2.24) is 0 Å². The molecule has 0 atom stereocenters. The third-order valence-electron chi connectivity index (χ3n) is 3.04. The topological polar surface area (TPSA) is 20.2 Å². The van der Waals surface area contributed by atoms with Gasteiger partial charge < -0.3 is 0 Å². The van der Waals surface area contributed by atoms with Crippen LogP contribution in [0, 0.1) is 0 Å². The predicted molar refractivity (Wildman–Crippen MR) is 77.4 cm³/mol. The Morgan fingerprint density at radius 1 is 0.800 bits per heavy atom. The third-order valence-corrected chi connectivity index (χ3v) is 10.2. The molecule has 94 valence electrons. The molecule has 0 rings (SSSR count). The van der Waals surface area contributed by atoms with Crippen LogP contribution in [0.15, 0.2) is 0 Å². The molecule has 0 fully saturated rings. The zero-order chi connectivity index (χ0) is 11.8. The van der Waals surface area contributed by atoms with E-state index < -0.39 is 5.53 Å². The molecule has 15 heavy (non-hydrogen) atoms. The molecule has 0 amide bonds. The summed E-state index contributed by atoms with van der Waals surface area (Å²) in [6.45, 7) is 6.59. The molecule has 0 saturated heterocycles. The fourth-order valence-electron chi connectivity index (χ4n) is 1.87. The summed E-state index contributed by atoms with van der Waals surface area (Å²) in [5, 5.41) is 0. The van der Waals surface area contributed by atoms with Gasteiger partial charge in [0.15, 0.2) is 0 Å². The summed E-state index contributed by atoms with van der Waals surface area (Å²) in [6, 6.07) is 0. The number of unbranched alkanes of at least 4 members (excludes halogenated alkanes) is 3. The summed E-state index contributed by atoms with van der Waals surface area (Å²) in [7, 11) is 0. The number of rotatable bonds is 9. The molecule has 0 aromatic heterocycles. The molecule has 0 unspecified atom stereocenters. The Morgan fingerprint density at radius 3 is 1.27 bits per heavy atom. The molecule has 0 aromatic rings. The van der Waals surface area contributed by atoms with Crippen LogP contribution in [0.5, 0.6) is 0 Å². The second-order valence-electron chi connectivity index (χ2n) is 4.76. The third kappa shape index (κ3) is 6.92. The zero-order valence-electron chi connectivity index (χ0n) is 10.6. The molecule has 0 aliphatic carbocycles. The molecule has 0 aromatic carbocycles. The number of hydrogen-bond acceptors (Lipinski definition) is 1. The van der Waals surface area contributed by atoms with E-state index in [0.717, 1.165) is 37.7 Å². The molecule has 0 aliphatic heterocycles. The van der Waals surface area contributed by atoms with E-state index in [9.17, 15) is 4.89 Å². The van der Waals surface area contributed by atoms with Gasteiger partial charge >= 0.3 is 104 Å². The molecule has 0 heterocycles. The summed E-state index contributed by atoms with van der Waals surface area (Å²) in [6.07, 6.45) is 10.1. The number of halogens is 1. The van der Waals surface area contributed by atoms with Crippen LogP contribution in [-0.4, -0.2) is 23.4 Å². The SMILES string of the molecule is CCCCP(O)(Br)(CCCC)CCCC. The van der Waals surface area contributed by atoms with E-state index in [1.165, 1.54) is 19.3 Å². The Kier molecular flexibility index (Phi) is 7.67. The first-order chi connectivity index (χ1) is 6.96. The average molecular weight is 299 g/mol. The second kappa shape index (κ2) is 7.25. The van der Waals surface area contributed by atoms with E-state index in [-0.39, 0.29) is 0 Å². The van der Waals surface area contributed by atoms with Crippen molar-refractivity contribution in [3.05, 3.63) is 0 Å². The quantitative estimate of drug-likeness (QED) is 0.583. The van der Waals surface area contributed by atoms with Crippen LogP contribution in [0.1, 0.15) is 59.3 Å². The van der Waals surface area contributed by atoms with Crippen molar-refractivity contribution in [3.8, 4) is 0 Å². The molecule has 1 nitrogen and oxygen atoms in total. The van der Waals surface area contributed by atoms with Crippen molar-refractivity contribution in [2.75, 3.05) is 18.5 Å². The van der Waals surface area contributed by atoms with Crippen molar-refractivity contribution in [1.29, 1.82) is 0 Å². The average Bonchev–Trinajstić information content (AvgIpc) is 2.22. The summed E-state index contributed by atoms with van der Waals surface area (Å²) in [5.41, 5.74) is -2.47. The first-order valence-electron chi connectivity index (χ1n) is 6.44. The summed E-state index contributed by atoms with van der Waals surface area (Å²) >= 11 is 3.78. The van der Waals surface area contributed by atoms with Crippen LogP contribution in [0.4, 0.5) is 0 Å². The van der Waals surface area contributed by atoms with Crippen molar-refractivity contribution in [2.45, 2.75) is 59.3 Å². The van der Waals surface area contributed by atoms with E-state index in [1.807, 2.05) is 0 Å².